The van der Waals surface area contributed by atoms with E-state index in [0.29, 0.717) is 13.2 Å². The first kappa shape index (κ1) is 56.9. The van der Waals surface area contributed by atoms with Gasteiger partial charge in [-0.1, -0.05) is 251 Å². The molecule has 6 rings (SSSR count). The molecule has 1 amide bonds. The third kappa shape index (κ3) is 21.2. The van der Waals surface area contributed by atoms with E-state index in [4.69, 9.17) is 33.2 Å². The van der Waals surface area contributed by atoms with Crippen LogP contribution in [-0.4, -0.2) is 61.3 Å². The first-order valence-corrected chi connectivity index (χ1v) is 27.9. The summed E-state index contributed by atoms with van der Waals surface area (Å²) in [6, 6.07) is 38.8. The standard InChI is InChI=1S/C62H87NO9/c1-3-5-7-9-11-13-15-17-31-41-53(66-45-49-33-23-19-24-34-49)43-56(64)63-58-60(71-57(65)44-54(67-46-50-35-25-20-26-36-50)42-32-18-16-14-12-10-8-6-4-2)59-55(48-69-61(72-59)52-39-29-22-30-40-52)70-62(58)68-47-51-37-27-21-28-38-51/h19-30,33-40,53-55,58-62H,3-18,31-32,41-48H2,1-2H3,(H,63,64)/t53-,54-,55?,58?,59-,60?,61?,62+/m1/s1. The number of carbonyl (C=O) groups is 2. The lowest BCUT2D eigenvalue weighted by atomic mass is 9.94. The molecule has 394 valence electrons. The van der Waals surface area contributed by atoms with Crippen LogP contribution in [-0.2, 0) is 62.6 Å². The van der Waals surface area contributed by atoms with Crippen LogP contribution in [0.15, 0.2) is 121 Å². The average Bonchev–Trinajstić information content (AvgIpc) is 3.41. The Morgan fingerprint density at radius 2 is 0.986 bits per heavy atom. The largest absolute Gasteiger partial charge is 0.457 e. The summed E-state index contributed by atoms with van der Waals surface area (Å²) in [6.45, 7) is 5.66. The normalized spacial score (nSPS) is 20.6. The Balaban J connectivity index is 1.20. The third-order valence-corrected chi connectivity index (χ3v) is 14.0. The van der Waals surface area contributed by atoms with Crippen molar-refractivity contribution in [3.63, 3.8) is 0 Å². The van der Waals surface area contributed by atoms with Crippen LogP contribution < -0.4 is 5.32 Å². The molecule has 0 spiro atoms. The van der Waals surface area contributed by atoms with E-state index in [1.54, 1.807) is 0 Å². The second kappa shape index (κ2) is 34.1. The quantitative estimate of drug-likeness (QED) is 0.0352. The Kier molecular flexibility index (Phi) is 27.0. The van der Waals surface area contributed by atoms with E-state index < -0.39 is 42.9 Å². The molecular formula is C62H87NO9. The molecule has 2 fully saturated rings. The Labute approximate surface area is 432 Å². The van der Waals surface area contributed by atoms with Gasteiger partial charge in [-0.2, -0.15) is 0 Å². The average molecular weight is 990 g/mol. The van der Waals surface area contributed by atoms with Crippen molar-refractivity contribution in [1.82, 2.24) is 5.32 Å². The van der Waals surface area contributed by atoms with Crippen molar-refractivity contribution in [1.29, 1.82) is 0 Å². The van der Waals surface area contributed by atoms with Gasteiger partial charge in [-0.05, 0) is 29.5 Å². The second-order valence-electron chi connectivity index (χ2n) is 20.0. The molecule has 4 unspecified atom stereocenters. The number of esters is 1. The van der Waals surface area contributed by atoms with Crippen LogP contribution in [0.2, 0.25) is 0 Å². The van der Waals surface area contributed by atoms with Crippen molar-refractivity contribution >= 4 is 11.9 Å². The van der Waals surface area contributed by atoms with E-state index in [9.17, 15) is 9.59 Å². The number of unbranched alkanes of at least 4 members (excludes halogenated alkanes) is 16. The molecule has 0 aliphatic carbocycles. The minimum absolute atomic E-state index is 0.0432. The fourth-order valence-electron chi connectivity index (χ4n) is 9.81. The number of amides is 1. The van der Waals surface area contributed by atoms with E-state index in [2.05, 4.69) is 19.2 Å². The predicted molar refractivity (Wildman–Crippen MR) is 285 cm³/mol. The van der Waals surface area contributed by atoms with Gasteiger partial charge < -0.3 is 38.5 Å². The highest BCUT2D eigenvalue weighted by molar-refractivity contribution is 5.77. The molecule has 2 saturated heterocycles. The van der Waals surface area contributed by atoms with Crippen molar-refractivity contribution in [2.24, 2.45) is 0 Å². The summed E-state index contributed by atoms with van der Waals surface area (Å²) in [4.78, 5) is 29.2. The van der Waals surface area contributed by atoms with E-state index in [1.807, 2.05) is 121 Å². The van der Waals surface area contributed by atoms with Gasteiger partial charge in [0.05, 0.1) is 51.5 Å². The molecule has 72 heavy (non-hydrogen) atoms. The zero-order chi connectivity index (χ0) is 50.3. The summed E-state index contributed by atoms with van der Waals surface area (Å²) in [5.41, 5.74) is 3.86. The summed E-state index contributed by atoms with van der Waals surface area (Å²) < 4.78 is 46.1. The number of nitrogens with one attached hydrogen (secondary N) is 1. The van der Waals surface area contributed by atoms with Crippen LogP contribution in [0.5, 0.6) is 0 Å². The van der Waals surface area contributed by atoms with E-state index in [1.165, 1.54) is 83.5 Å². The second-order valence-corrected chi connectivity index (χ2v) is 20.0. The number of hydrogen-bond donors (Lipinski definition) is 1. The van der Waals surface area contributed by atoms with Gasteiger partial charge in [-0.25, -0.2) is 0 Å². The molecule has 1 N–H and O–H groups in total. The minimum Gasteiger partial charge on any atom is -0.457 e. The van der Waals surface area contributed by atoms with E-state index >= 15 is 0 Å². The first-order valence-electron chi connectivity index (χ1n) is 27.9. The van der Waals surface area contributed by atoms with Crippen LogP contribution in [0.3, 0.4) is 0 Å². The van der Waals surface area contributed by atoms with Crippen LogP contribution in [0, 0.1) is 0 Å². The van der Waals surface area contributed by atoms with Gasteiger partial charge in [0.1, 0.15) is 18.2 Å². The smallest absolute Gasteiger partial charge is 0.308 e. The number of benzene rings is 4. The Morgan fingerprint density at radius 3 is 1.49 bits per heavy atom. The Bertz CT molecular complexity index is 2010. The summed E-state index contributed by atoms with van der Waals surface area (Å²) in [5, 5.41) is 3.28. The summed E-state index contributed by atoms with van der Waals surface area (Å²) >= 11 is 0. The highest BCUT2D eigenvalue weighted by Gasteiger charge is 2.53. The van der Waals surface area contributed by atoms with Gasteiger partial charge in [0, 0.05) is 5.56 Å². The molecule has 0 radical (unpaired) electrons. The fraction of sp³-hybridized carbons (Fsp3) is 0.581. The molecule has 2 heterocycles. The third-order valence-electron chi connectivity index (χ3n) is 14.0. The van der Waals surface area contributed by atoms with E-state index in [0.717, 1.165) is 67.2 Å². The summed E-state index contributed by atoms with van der Waals surface area (Å²) in [5.74, 6) is -0.678. The molecule has 2 aliphatic rings. The van der Waals surface area contributed by atoms with Crippen molar-refractivity contribution < 1.29 is 42.7 Å². The lowest BCUT2D eigenvalue weighted by Crippen LogP contribution is -2.67. The lowest BCUT2D eigenvalue weighted by molar-refractivity contribution is -0.346. The SMILES string of the molecule is CCCCCCCCCCC[C@H](CC(=O)NC1C(OC(=O)C[C@@H](CCCCCCCCCCC)OCc2ccccc2)[C@@H]2OC(c3ccccc3)OCC2O[C@@H]1OCc1ccccc1)OCc1ccccc1. The van der Waals surface area contributed by atoms with Gasteiger partial charge in [-0.3, -0.25) is 9.59 Å². The van der Waals surface area contributed by atoms with Crippen LogP contribution in [0.25, 0.3) is 0 Å². The molecule has 0 saturated carbocycles. The zero-order valence-electron chi connectivity index (χ0n) is 43.7. The topological polar surface area (TPSA) is 111 Å². The molecule has 4 aromatic rings. The molecular weight excluding hydrogens is 903 g/mol. The molecule has 10 nitrogen and oxygen atoms in total. The maximum absolute atomic E-state index is 14.6. The van der Waals surface area contributed by atoms with Crippen molar-refractivity contribution in [3.8, 4) is 0 Å². The van der Waals surface area contributed by atoms with Crippen LogP contribution in [0.4, 0.5) is 0 Å². The molecule has 4 aromatic carbocycles. The fourth-order valence-corrected chi connectivity index (χ4v) is 9.81. The summed E-state index contributed by atoms with van der Waals surface area (Å²) in [6.07, 6.45) is 18.5. The van der Waals surface area contributed by atoms with Gasteiger partial charge in [0.2, 0.25) is 5.91 Å². The van der Waals surface area contributed by atoms with Crippen molar-refractivity contribution in [2.45, 2.75) is 224 Å². The molecule has 2 aliphatic heterocycles. The van der Waals surface area contributed by atoms with Gasteiger partial charge in [0.15, 0.2) is 18.7 Å². The van der Waals surface area contributed by atoms with Gasteiger partial charge >= 0.3 is 5.97 Å². The maximum atomic E-state index is 14.6. The summed E-state index contributed by atoms with van der Waals surface area (Å²) in [7, 11) is 0. The zero-order valence-corrected chi connectivity index (χ0v) is 43.7. The van der Waals surface area contributed by atoms with E-state index in [-0.39, 0.29) is 44.2 Å². The Hall–Kier alpha value is -4.42. The minimum atomic E-state index is -0.998. The van der Waals surface area contributed by atoms with Crippen LogP contribution >= 0.6 is 0 Å². The highest BCUT2D eigenvalue weighted by atomic mass is 16.8. The number of carbonyl (C=O) groups excluding carboxylic acids is 2. The van der Waals surface area contributed by atoms with Crippen molar-refractivity contribution in [2.75, 3.05) is 6.61 Å². The number of ether oxygens (including phenoxy) is 7. The molecule has 0 aromatic heterocycles. The number of hydrogen-bond acceptors (Lipinski definition) is 9. The van der Waals surface area contributed by atoms with Gasteiger partial charge in [-0.15, -0.1) is 0 Å². The first-order chi connectivity index (χ1) is 35.5. The number of rotatable bonds is 36. The molecule has 0 bridgehead atoms. The molecule has 10 heteroatoms. The predicted octanol–water partition coefficient (Wildman–Crippen LogP) is 14.2. The maximum Gasteiger partial charge on any atom is 0.308 e. The molecule has 8 atom stereocenters. The Morgan fingerprint density at radius 1 is 0.542 bits per heavy atom. The monoisotopic (exact) mass is 990 g/mol. The van der Waals surface area contributed by atoms with Gasteiger partial charge in [0.25, 0.3) is 0 Å². The lowest BCUT2D eigenvalue weighted by Gasteiger charge is -2.49. The van der Waals surface area contributed by atoms with Crippen LogP contribution in [0.1, 0.15) is 184 Å². The van der Waals surface area contributed by atoms with Crippen molar-refractivity contribution in [3.05, 3.63) is 144 Å². The number of fused-ring (bicyclic) bond motifs is 1. The highest BCUT2D eigenvalue weighted by Crippen LogP contribution is 2.37.